The third-order valence-corrected chi connectivity index (χ3v) is 5.01. The van der Waals surface area contributed by atoms with E-state index in [1.54, 1.807) is 6.07 Å². The number of piperazine rings is 1. The van der Waals surface area contributed by atoms with E-state index in [4.69, 9.17) is 4.52 Å². The van der Waals surface area contributed by atoms with E-state index < -0.39 is 0 Å². The third kappa shape index (κ3) is 2.97. The molecule has 2 aliphatic heterocycles. The summed E-state index contributed by atoms with van der Waals surface area (Å²) in [6.45, 7) is 5.01. The second kappa shape index (κ2) is 6.44. The molecule has 0 aromatic carbocycles. The fourth-order valence-corrected chi connectivity index (χ4v) is 3.65. The van der Waals surface area contributed by atoms with Crippen molar-refractivity contribution < 1.29 is 14.1 Å². The molecule has 2 aliphatic rings. The minimum absolute atomic E-state index is 0.0534. The van der Waals surface area contributed by atoms with Crippen LogP contribution in [0, 0.1) is 6.92 Å². The molecule has 25 heavy (non-hydrogen) atoms. The lowest BCUT2D eigenvalue weighted by molar-refractivity contribution is -0.135. The molecule has 4 rings (SSSR count). The predicted molar refractivity (Wildman–Crippen MR) is 90.0 cm³/mol. The number of amides is 2. The van der Waals surface area contributed by atoms with E-state index in [-0.39, 0.29) is 17.9 Å². The Bertz CT molecular complexity index is 818. The van der Waals surface area contributed by atoms with Gasteiger partial charge in [0.15, 0.2) is 0 Å². The van der Waals surface area contributed by atoms with Gasteiger partial charge in [-0.3, -0.25) is 9.59 Å². The third-order valence-electron chi connectivity index (χ3n) is 5.01. The Hall–Kier alpha value is -2.48. The van der Waals surface area contributed by atoms with Gasteiger partial charge in [0.25, 0.3) is 11.6 Å². The van der Waals surface area contributed by atoms with E-state index in [9.17, 15) is 9.59 Å². The largest absolute Gasteiger partial charge is 0.337 e. The molecule has 2 amide bonds. The molecular weight excluding hydrogens is 322 g/mol. The van der Waals surface area contributed by atoms with E-state index in [0.29, 0.717) is 37.5 Å². The normalized spacial score (nSPS) is 21.8. The van der Waals surface area contributed by atoms with Crippen LogP contribution >= 0.6 is 0 Å². The van der Waals surface area contributed by atoms with Gasteiger partial charge in [0.1, 0.15) is 0 Å². The van der Waals surface area contributed by atoms with Crippen molar-refractivity contribution in [2.75, 3.05) is 32.7 Å². The highest BCUT2D eigenvalue weighted by molar-refractivity contribution is 5.97. The second-order valence-electron chi connectivity index (χ2n) is 6.66. The zero-order valence-electron chi connectivity index (χ0n) is 14.2. The first-order chi connectivity index (χ1) is 12.1. The monoisotopic (exact) mass is 343 g/mol. The zero-order chi connectivity index (χ0) is 17.4. The van der Waals surface area contributed by atoms with Crippen LogP contribution in [0.4, 0.5) is 0 Å². The minimum Gasteiger partial charge on any atom is -0.337 e. The molecular formula is C17H21N5O3. The molecule has 1 atom stereocenters. The molecule has 0 bridgehead atoms. The molecule has 1 unspecified atom stereocenters. The van der Waals surface area contributed by atoms with Crippen LogP contribution in [0.3, 0.4) is 0 Å². The Kier molecular flexibility index (Phi) is 4.12. The standard InChI is InChI=1S/C17H21N5O3/c1-11-14-7-12(8-19-16(14)25-20-11)17(24)21-5-2-3-13(10-21)22-6-4-18-9-15(22)23/h7-8,13,18H,2-6,9-10H2,1H3. The van der Waals surface area contributed by atoms with Gasteiger partial charge in [0.2, 0.25) is 5.91 Å². The average Bonchev–Trinajstić information content (AvgIpc) is 3.02. The number of likely N-dealkylation sites (tertiary alicyclic amines) is 1. The molecule has 2 aromatic rings. The molecule has 4 heterocycles. The zero-order valence-corrected chi connectivity index (χ0v) is 14.2. The summed E-state index contributed by atoms with van der Waals surface area (Å²) >= 11 is 0. The molecule has 0 aliphatic carbocycles. The molecule has 8 nitrogen and oxygen atoms in total. The maximum atomic E-state index is 12.9. The van der Waals surface area contributed by atoms with Gasteiger partial charge in [0.05, 0.1) is 23.2 Å². The lowest BCUT2D eigenvalue weighted by atomic mass is 10.0. The lowest BCUT2D eigenvalue weighted by Crippen LogP contribution is -2.57. The molecule has 2 saturated heterocycles. The lowest BCUT2D eigenvalue weighted by Gasteiger charge is -2.41. The summed E-state index contributed by atoms with van der Waals surface area (Å²) in [7, 11) is 0. The van der Waals surface area contributed by atoms with Crippen LogP contribution in [0.1, 0.15) is 28.9 Å². The highest BCUT2D eigenvalue weighted by atomic mass is 16.5. The fourth-order valence-electron chi connectivity index (χ4n) is 3.65. The van der Waals surface area contributed by atoms with Crippen molar-refractivity contribution in [1.29, 1.82) is 0 Å². The van der Waals surface area contributed by atoms with Crippen LogP contribution < -0.4 is 5.32 Å². The number of carbonyl (C=O) groups is 2. The first-order valence-corrected chi connectivity index (χ1v) is 8.65. The summed E-state index contributed by atoms with van der Waals surface area (Å²) < 4.78 is 5.10. The number of hydrogen-bond donors (Lipinski definition) is 1. The number of carbonyl (C=O) groups excluding carboxylic acids is 2. The van der Waals surface area contributed by atoms with E-state index >= 15 is 0 Å². The molecule has 1 N–H and O–H groups in total. The molecule has 0 spiro atoms. The summed E-state index contributed by atoms with van der Waals surface area (Å²) in [5.41, 5.74) is 1.70. The molecule has 0 radical (unpaired) electrons. The van der Waals surface area contributed by atoms with Crippen molar-refractivity contribution in [3.8, 4) is 0 Å². The van der Waals surface area contributed by atoms with Crippen molar-refractivity contribution >= 4 is 22.9 Å². The summed E-state index contributed by atoms with van der Waals surface area (Å²) in [4.78, 5) is 33.0. The van der Waals surface area contributed by atoms with Gasteiger partial charge in [-0.05, 0) is 25.8 Å². The smallest absolute Gasteiger partial charge is 0.257 e. The topological polar surface area (TPSA) is 91.6 Å². The Balaban J connectivity index is 1.52. The van der Waals surface area contributed by atoms with Crippen molar-refractivity contribution in [3.63, 3.8) is 0 Å². The maximum absolute atomic E-state index is 12.9. The Morgan fingerprint density at radius 2 is 2.28 bits per heavy atom. The van der Waals surface area contributed by atoms with Gasteiger partial charge in [-0.1, -0.05) is 5.16 Å². The number of pyridine rings is 1. The van der Waals surface area contributed by atoms with E-state index in [1.165, 1.54) is 6.20 Å². The molecule has 8 heteroatoms. The first-order valence-electron chi connectivity index (χ1n) is 8.65. The van der Waals surface area contributed by atoms with Crippen molar-refractivity contribution in [2.24, 2.45) is 0 Å². The van der Waals surface area contributed by atoms with Crippen LogP contribution in [-0.4, -0.2) is 70.5 Å². The summed E-state index contributed by atoms with van der Waals surface area (Å²) in [5, 5.41) is 7.73. The van der Waals surface area contributed by atoms with Crippen LogP contribution in [0.15, 0.2) is 16.8 Å². The van der Waals surface area contributed by atoms with Crippen LogP contribution in [-0.2, 0) is 4.79 Å². The number of piperidine rings is 1. The molecule has 132 valence electrons. The first kappa shape index (κ1) is 16.0. The van der Waals surface area contributed by atoms with Crippen molar-refractivity contribution in [1.82, 2.24) is 25.3 Å². The number of hydrogen-bond acceptors (Lipinski definition) is 6. The number of nitrogens with zero attached hydrogens (tertiary/aromatic N) is 4. The van der Waals surface area contributed by atoms with Gasteiger partial charge < -0.3 is 19.6 Å². The van der Waals surface area contributed by atoms with Crippen LogP contribution in [0.2, 0.25) is 0 Å². The van der Waals surface area contributed by atoms with Crippen LogP contribution in [0.25, 0.3) is 11.1 Å². The quantitative estimate of drug-likeness (QED) is 0.857. The van der Waals surface area contributed by atoms with Crippen LogP contribution in [0.5, 0.6) is 0 Å². The van der Waals surface area contributed by atoms with Gasteiger partial charge in [0, 0.05) is 38.4 Å². The summed E-state index contributed by atoms with van der Waals surface area (Å²) in [6, 6.07) is 1.89. The predicted octanol–water partition coefficient (Wildman–Crippen LogP) is 0.568. The highest BCUT2D eigenvalue weighted by Crippen LogP contribution is 2.21. The van der Waals surface area contributed by atoms with Crippen molar-refractivity contribution in [3.05, 3.63) is 23.5 Å². The number of fused-ring (bicyclic) bond motifs is 1. The number of nitrogens with one attached hydrogen (secondary N) is 1. The van der Waals surface area contributed by atoms with E-state index in [0.717, 1.165) is 30.5 Å². The second-order valence-corrected chi connectivity index (χ2v) is 6.66. The number of aryl methyl sites for hydroxylation is 1. The Morgan fingerprint density at radius 1 is 1.40 bits per heavy atom. The van der Waals surface area contributed by atoms with Gasteiger partial charge >= 0.3 is 0 Å². The van der Waals surface area contributed by atoms with Gasteiger partial charge in [-0.2, -0.15) is 0 Å². The van der Waals surface area contributed by atoms with E-state index in [1.807, 2.05) is 16.7 Å². The number of rotatable bonds is 2. The highest BCUT2D eigenvalue weighted by Gasteiger charge is 2.32. The summed E-state index contributed by atoms with van der Waals surface area (Å²) in [5.74, 6) is 0.0658. The van der Waals surface area contributed by atoms with Crippen molar-refractivity contribution in [2.45, 2.75) is 25.8 Å². The minimum atomic E-state index is -0.0534. The van der Waals surface area contributed by atoms with E-state index in [2.05, 4.69) is 15.5 Å². The molecule has 0 saturated carbocycles. The van der Waals surface area contributed by atoms with Gasteiger partial charge in [-0.25, -0.2) is 4.98 Å². The maximum Gasteiger partial charge on any atom is 0.257 e. The fraction of sp³-hybridized carbons (Fsp3) is 0.529. The summed E-state index contributed by atoms with van der Waals surface area (Å²) in [6.07, 6.45) is 3.38. The molecule has 2 aromatic heterocycles. The Morgan fingerprint density at radius 3 is 3.12 bits per heavy atom. The van der Waals surface area contributed by atoms with Gasteiger partial charge in [-0.15, -0.1) is 0 Å². The Labute approximate surface area is 145 Å². The SMILES string of the molecule is Cc1noc2ncc(C(=O)N3CCCC(N4CCNCC4=O)C3)cc12. The number of aromatic nitrogens is 2. The molecule has 2 fully saturated rings. The average molecular weight is 343 g/mol.